The van der Waals surface area contributed by atoms with Crippen LogP contribution in [0.3, 0.4) is 0 Å². The van der Waals surface area contributed by atoms with E-state index in [0.717, 1.165) is 17.9 Å². The Morgan fingerprint density at radius 2 is 1.95 bits per heavy atom. The third kappa shape index (κ3) is 5.43. The predicted molar refractivity (Wildman–Crippen MR) is 85.6 cm³/mol. The number of nitrogens with one attached hydrogen (secondary N) is 1. The molecule has 1 aliphatic heterocycles. The zero-order valence-corrected chi connectivity index (χ0v) is 13.9. The summed E-state index contributed by atoms with van der Waals surface area (Å²) in [5.74, 6) is 1.66. The lowest BCUT2D eigenvalue weighted by Gasteiger charge is -2.43. The van der Waals surface area contributed by atoms with E-state index in [0.29, 0.717) is 6.04 Å². The maximum Gasteiger partial charge on any atom is 0.0244 e. The van der Waals surface area contributed by atoms with E-state index in [4.69, 9.17) is 0 Å². The summed E-state index contributed by atoms with van der Waals surface area (Å²) in [6, 6.07) is 1.44. The third-order valence-electron chi connectivity index (χ3n) is 4.84. The van der Waals surface area contributed by atoms with Crippen molar-refractivity contribution in [1.82, 2.24) is 10.2 Å². The van der Waals surface area contributed by atoms with Crippen molar-refractivity contribution in [2.45, 2.75) is 78.8 Å². The standard InChI is InChI=1S/C17H36N2/c1-6-9-10-15(7-2)12-19-13-16(8-3)18-11-17(19)14(4)5/h14-18H,6-13H2,1-5H3. The highest BCUT2D eigenvalue weighted by molar-refractivity contribution is 4.88. The van der Waals surface area contributed by atoms with Crippen LogP contribution in [-0.4, -0.2) is 36.6 Å². The van der Waals surface area contributed by atoms with Gasteiger partial charge in [-0.15, -0.1) is 0 Å². The smallest absolute Gasteiger partial charge is 0.0244 e. The Morgan fingerprint density at radius 1 is 1.21 bits per heavy atom. The normalized spacial score (nSPS) is 26.8. The number of hydrogen-bond donors (Lipinski definition) is 1. The van der Waals surface area contributed by atoms with Gasteiger partial charge in [-0.2, -0.15) is 0 Å². The Morgan fingerprint density at radius 3 is 2.47 bits per heavy atom. The molecule has 1 aliphatic rings. The van der Waals surface area contributed by atoms with E-state index in [1.165, 1.54) is 51.7 Å². The van der Waals surface area contributed by atoms with Crippen molar-refractivity contribution >= 4 is 0 Å². The monoisotopic (exact) mass is 268 g/mol. The van der Waals surface area contributed by atoms with Gasteiger partial charge in [0.05, 0.1) is 0 Å². The lowest BCUT2D eigenvalue weighted by Crippen LogP contribution is -2.58. The second-order valence-electron chi connectivity index (χ2n) is 6.70. The molecule has 1 rings (SSSR count). The van der Waals surface area contributed by atoms with Crippen LogP contribution in [0.1, 0.15) is 66.7 Å². The molecule has 0 amide bonds. The minimum absolute atomic E-state index is 0.707. The molecule has 1 fully saturated rings. The highest BCUT2D eigenvalue weighted by Gasteiger charge is 2.30. The van der Waals surface area contributed by atoms with Gasteiger partial charge in [0.25, 0.3) is 0 Å². The molecule has 114 valence electrons. The first-order chi connectivity index (χ1) is 9.12. The average molecular weight is 268 g/mol. The zero-order valence-electron chi connectivity index (χ0n) is 13.9. The maximum absolute atomic E-state index is 3.72. The molecule has 0 saturated carbocycles. The van der Waals surface area contributed by atoms with E-state index in [9.17, 15) is 0 Å². The quantitative estimate of drug-likeness (QED) is 0.718. The average Bonchev–Trinajstić information content (AvgIpc) is 2.42. The van der Waals surface area contributed by atoms with Crippen molar-refractivity contribution in [3.63, 3.8) is 0 Å². The Labute approximate surface area is 121 Å². The van der Waals surface area contributed by atoms with Crippen molar-refractivity contribution in [2.75, 3.05) is 19.6 Å². The molecule has 0 aromatic rings. The Kier molecular flexibility index (Phi) is 8.01. The largest absolute Gasteiger partial charge is 0.311 e. The van der Waals surface area contributed by atoms with Crippen LogP contribution in [0.2, 0.25) is 0 Å². The van der Waals surface area contributed by atoms with Crippen LogP contribution in [0.4, 0.5) is 0 Å². The first-order valence-corrected chi connectivity index (χ1v) is 8.59. The van der Waals surface area contributed by atoms with Gasteiger partial charge in [0.2, 0.25) is 0 Å². The Hall–Kier alpha value is -0.0800. The summed E-state index contributed by atoms with van der Waals surface area (Å²) in [5.41, 5.74) is 0. The molecule has 3 unspecified atom stereocenters. The number of rotatable bonds is 8. The molecular formula is C17H36N2. The lowest BCUT2D eigenvalue weighted by molar-refractivity contribution is 0.0775. The first-order valence-electron chi connectivity index (χ1n) is 8.59. The maximum atomic E-state index is 3.72. The van der Waals surface area contributed by atoms with Gasteiger partial charge < -0.3 is 5.32 Å². The van der Waals surface area contributed by atoms with E-state index < -0.39 is 0 Å². The van der Waals surface area contributed by atoms with Crippen molar-refractivity contribution in [1.29, 1.82) is 0 Å². The third-order valence-corrected chi connectivity index (χ3v) is 4.84. The molecular weight excluding hydrogens is 232 g/mol. The van der Waals surface area contributed by atoms with Crippen LogP contribution < -0.4 is 5.32 Å². The topological polar surface area (TPSA) is 15.3 Å². The number of piperazine rings is 1. The summed E-state index contributed by atoms with van der Waals surface area (Å²) in [7, 11) is 0. The van der Waals surface area contributed by atoms with Gasteiger partial charge in [-0.25, -0.2) is 0 Å². The lowest BCUT2D eigenvalue weighted by atomic mass is 9.93. The second-order valence-corrected chi connectivity index (χ2v) is 6.70. The van der Waals surface area contributed by atoms with E-state index in [-0.39, 0.29) is 0 Å². The van der Waals surface area contributed by atoms with E-state index >= 15 is 0 Å². The SMILES string of the molecule is CCCCC(CC)CN1CC(CC)NCC1C(C)C. The Bertz CT molecular complexity index is 227. The fourth-order valence-electron chi connectivity index (χ4n) is 3.29. The van der Waals surface area contributed by atoms with E-state index in [1.807, 2.05) is 0 Å². The molecule has 0 aliphatic carbocycles. The molecule has 3 atom stereocenters. The first kappa shape index (κ1) is 17.0. The summed E-state index contributed by atoms with van der Waals surface area (Å²) in [5, 5.41) is 3.72. The van der Waals surface area contributed by atoms with Crippen LogP contribution in [0, 0.1) is 11.8 Å². The minimum atomic E-state index is 0.707. The van der Waals surface area contributed by atoms with Gasteiger partial charge in [0.1, 0.15) is 0 Å². The van der Waals surface area contributed by atoms with Crippen molar-refractivity contribution in [3.8, 4) is 0 Å². The molecule has 0 aromatic carbocycles. The van der Waals surface area contributed by atoms with Crippen LogP contribution >= 0.6 is 0 Å². The molecule has 0 spiro atoms. The minimum Gasteiger partial charge on any atom is -0.311 e. The molecule has 19 heavy (non-hydrogen) atoms. The zero-order chi connectivity index (χ0) is 14.3. The molecule has 0 aromatic heterocycles. The molecule has 2 heteroatoms. The predicted octanol–water partition coefficient (Wildman–Crippen LogP) is 3.91. The summed E-state index contributed by atoms with van der Waals surface area (Å²) >= 11 is 0. The van der Waals surface area contributed by atoms with Gasteiger partial charge in [-0.1, -0.05) is 53.9 Å². The van der Waals surface area contributed by atoms with Gasteiger partial charge >= 0.3 is 0 Å². The molecule has 1 saturated heterocycles. The van der Waals surface area contributed by atoms with Crippen molar-refractivity contribution < 1.29 is 0 Å². The van der Waals surface area contributed by atoms with Crippen LogP contribution in [0.25, 0.3) is 0 Å². The van der Waals surface area contributed by atoms with Crippen LogP contribution in [-0.2, 0) is 0 Å². The Balaban J connectivity index is 2.56. The van der Waals surface area contributed by atoms with E-state index in [2.05, 4.69) is 44.8 Å². The fraction of sp³-hybridized carbons (Fsp3) is 1.00. The fourth-order valence-corrected chi connectivity index (χ4v) is 3.29. The van der Waals surface area contributed by atoms with Gasteiger partial charge in [0, 0.05) is 31.7 Å². The summed E-state index contributed by atoms with van der Waals surface area (Å²) in [4.78, 5) is 2.79. The highest BCUT2D eigenvalue weighted by atomic mass is 15.2. The number of nitrogens with zero attached hydrogens (tertiary/aromatic N) is 1. The van der Waals surface area contributed by atoms with Crippen molar-refractivity contribution in [3.05, 3.63) is 0 Å². The molecule has 1 heterocycles. The van der Waals surface area contributed by atoms with Gasteiger partial charge in [-0.05, 0) is 24.7 Å². The second kappa shape index (κ2) is 8.97. The van der Waals surface area contributed by atoms with Gasteiger partial charge in [0.15, 0.2) is 0 Å². The van der Waals surface area contributed by atoms with Crippen LogP contribution in [0.15, 0.2) is 0 Å². The summed E-state index contributed by atoms with van der Waals surface area (Å²) < 4.78 is 0. The highest BCUT2D eigenvalue weighted by Crippen LogP contribution is 2.21. The van der Waals surface area contributed by atoms with E-state index in [1.54, 1.807) is 0 Å². The molecule has 2 nitrogen and oxygen atoms in total. The summed E-state index contributed by atoms with van der Waals surface area (Å²) in [6.45, 7) is 15.5. The van der Waals surface area contributed by atoms with Gasteiger partial charge in [-0.3, -0.25) is 4.90 Å². The molecule has 1 N–H and O–H groups in total. The number of unbranched alkanes of at least 4 members (excludes halogenated alkanes) is 1. The number of hydrogen-bond acceptors (Lipinski definition) is 2. The molecule has 0 radical (unpaired) electrons. The molecule has 0 bridgehead atoms. The van der Waals surface area contributed by atoms with Crippen molar-refractivity contribution in [2.24, 2.45) is 11.8 Å². The van der Waals surface area contributed by atoms with Crippen LogP contribution in [0.5, 0.6) is 0 Å². The summed E-state index contributed by atoms with van der Waals surface area (Å²) in [6.07, 6.45) is 6.74.